The van der Waals surface area contributed by atoms with E-state index < -0.39 is 5.97 Å². The van der Waals surface area contributed by atoms with Crippen molar-refractivity contribution in [2.75, 3.05) is 0 Å². The van der Waals surface area contributed by atoms with E-state index in [2.05, 4.69) is 5.16 Å². The minimum absolute atomic E-state index is 0.197. The number of aromatic hydroxyl groups is 1. The number of nitrogens with zero attached hydrogens (tertiary/aromatic N) is 1. The molecule has 0 fully saturated rings. The molecular weight excluding hydrogens is 246 g/mol. The van der Waals surface area contributed by atoms with Gasteiger partial charge in [-0.05, 0) is 42.9 Å². The number of aromatic carboxylic acids is 1. The minimum atomic E-state index is -1.17. The van der Waals surface area contributed by atoms with E-state index in [9.17, 15) is 9.90 Å². The molecular formula is C14H13NO4. The van der Waals surface area contributed by atoms with Crippen LogP contribution in [0.15, 0.2) is 22.7 Å². The van der Waals surface area contributed by atoms with Crippen molar-refractivity contribution in [3.63, 3.8) is 0 Å². The molecule has 98 valence electrons. The summed E-state index contributed by atoms with van der Waals surface area (Å²) in [6.07, 6.45) is 4.02. The van der Waals surface area contributed by atoms with Crippen LogP contribution in [-0.4, -0.2) is 21.3 Å². The molecule has 1 aromatic heterocycles. The van der Waals surface area contributed by atoms with Gasteiger partial charge in [0, 0.05) is 11.6 Å². The molecule has 1 aliphatic rings. The van der Waals surface area contributed by atoms with E-state index in [1.54, 1.807) is 6.07 Å². The molecule has 5 heteroatoms. The highest BCUT2D eigenvalue weighted by Crippen LogP contribution is 2.37. The van der Waals surface area contributed by atoms with Gasteiger partial charge in [-0.3, -0.25) is 0 Å². The Morgan fingerprint density at radius 2 is 2.05 bits per heavy atom. The molecule has 0 saturated heterocycles. The monoisotopic (exact) mass is 259 g/mol. The predicted octanol–water partition coefficient (Wildman–Crippen LogP) is 2.62. The Balaban J connectivity index is 2.07. The van der Waals surface area contributed by atoms with Crippen LogP contribution in [0.3, 0.4) is 0 Å². The normalized spacial score (nSPS) is 14.1. The van der Waals surface area contributed by atoms with Crippen molar-refractivity contribution in [2.45, 2.75) is 25.7 Å². The number of carboxylic acid groups (broad SMARTS) is 1. The lowest BCUT2D eigenvalue weighted by atomic mass is 9.89. The average molecular weight is 259 g/mol. The quantitative estimate of drug-likeness (QED) is 0.866. The van der Waals surface area contributed by atoms with Crippen LogP contribution in [0.25, 0.3) is 11.3 Å². The van der Waals surface area contributed by atoms with E-state index in [1.807, 2.05) is 6.07 Å². The van der Waals surface area contributed by atoms with Gasteiger partial charge in [-0.15, -0.1) is 0 Å². The van der Waals surface area contributed by atoms with Crippen molar-refractivity contribution < 1.29 is 19.5 Å². The van der Waals surface area contributed by atoms with Gasteiger partial charge in [-0.2, -0.15) is 0 Å². The largest absolute Gasteiger partial charge is 0.507 e. The lowest BCUT2D eigenvalue weighted by Gasteiger charge is -2.18. The molecule has 3 rings (SSSR count). The summed E-state index contributed by atoms with van der Waals surface area (Å²) in [5, 5.41) is 22.8. The highest BCUT2D eigenvalue weighted by Gasteiger charge is 2.20. The lowest BCUT2D eigenvalue weighted by Crippen LogP contribution is -2.03. The number of rotatable bonds is 2. The number of hydrogen-bond donors (Lipinski definition) is 2. The molecule has 0 spiro atoms. The van der Waals surface area contributed by atoms with E-state index in [-0.39, 0.29) is 11.5 Å². The molecule has 0 bridgehead atoms. The summed E-state index contributed by atoms with van der Waals surface area (Å²) in [5.74, 6) is -1.20. The summed E-state index contributed by atoms with van der Waals surface area (Å²) in [6.45, 7) is 0. The molecule has 0 unspecified atom stereocenters. The van der Waals surface area contributed by atoms with Crippen LogP contribution in [-0.2, 0) is 12.8 Å². The Morgan fingerprint density at radius 3 is 2.79 bits per heavy atom. The zero-order valence-corrected chi connectivity index (χ0v) is 10.2. The van der Waals surface area contributed by atoms with Crippen molar-refractivity contribution in [1.82, 2.24) is 5.16 Å². The van der Waals surface area contributed by atoms with E-state index >= 15 is 0 Å². The Bertz CT molecular complexity index is 645. The number of carbonyl (C=O) groups is 1. The highest BCUT2D eigenvalue weighted by atomic mass is 16.5. The smallest absolute Gasteiger partial charge is 0.374 e. The number of phenolic OH excluding ortho intramolecular Hbond substituents is 1. The lowest BCUT2D eigenvalue weighted by molar-refractivity contribution is 0.0652. The Kier molecular flexibility index (Phi) is 2.74. The number of aromatic nitrogens is 1. The van der Waals surface area contributed by atoms with Crippen LogP contribution >= 0.6 is 0 Å². The van der Waals surface area contributed by atoms with Gasteiger partial charge >= 0.3 is 5.97 Å². The second-order valence-corrected chi connectivity index (χ2v) is 4.69. The van der Waals surface area contributed by atoms with E-state index in [0.717, 1.165) is 36.8 Å². The third kappa shape index (κ3) is 1.97. The topological polar surface area (TPSA) is 83.6 Å². The van der Waals surface area contributed by atoms with Gasteiger partial charge in [0.1, 0.15) is 11.4 Å². The summed E-state index contributed by atoms with van der Waals surface area (Å²) >= 11 is 0. The van der Waals surface area contributed by atoms with Crippen molar-refractivity contribution in [3.05, 3.63) is 35.1 Å². The van der Waals surface area contributed by atoms with Gasteiger partial charge in [0.25, 0.3) is 0 Å². The van der Waals surface area contributed by atoms with Crippen LogP contribution < -0.4 is 0 Å². The van der Waals surface area contributed by atoms with Gasteiger partial charge in [0.15, 0.2) is 0 Å². The van der Waals surface area contributed by atoms with Crippen molar-refractivity contribution in [3.8, 4) is 17.0 Å². The molecule has 1 aromatic carbocycles. The zero-order chi connectivity index (χ0) is 13.4. The minimum Gasteiger partial charge on any atom is -0.507 e. The number of phenols is 1. The summed E-state index contributed by atoms with van der Waals surface area (Å²) < 4.78 is 4.72. The van der Waals surface area contributed by atoms with Gasteiger partial charge in [0.05, 0.1) is 0 Å². The fraction of sp³-hybridized carbons (Fsp3) is 0.286. The molecule has 1 aliphatic carbocycles. The van der Waals surface area contributed by atoms with Gasteiger partial charge in [0.2, 0.25) is 5.76 Å². The average Bonchev–Trinajstić information content (AvgIpc) is 2.89. The highest BCUT2D eigenvalue weighted by molar-refractivity contribution is 5.86. The maximum Gasteiger partial charge on any atom is 0.374 e. The molecule has 19 heavy (non-hydrogen) atoms. The molecule has 0 saturated carbocycles. The van der Waals surface area contributed by atoms with Crippen molar-refractivity contribution in [2.24, 2.45) is 0 Å². The second-order valence-electron chi connectivity index (χ2n) is 4.69. The second kappa shape index (κ2) is 4.42. The predicted molar refractivity (Wildman–Crippen MR) is 67.2 cm³/mol. The molecule has 2 aromatic rings. The summed E-state index contributed by atoms with van der Waals surface area (Å²) in [6, 6.07) is 5.06. The van der Waals surface area contributed by atoms with Crippen LogP contribution in [0.1, 0.15) is 34.5 Å². The fourth-order valence-electron chi connectivity index (χ4n) is 2.52. The van der Waals surface area contributed by atoms with E-state index in [1.165, 1.54) is 6.07 Å². The van der Waals surface area contributed by atoms with Crippen molar-refractivity contribution in [1.29, 1.82) is 0 Å². The van der Waals surface area contributed by atoms with Gasteiger partial charge in [-0.1, -0.05) is 11.2 Å². The van der Waals surface area contributed by atoms with Crippen LogP contribution in [0, 0.1) is 0 Å². The number of aryl methyl sites for hydroxylation is 1. The molecule has 0 aliphatic heterocycles. The summed E-state index contributed by atoms with van der Waals surface area (Å²) in [4.78, 5) is 10.8. The maximum absolute atomic E-state index is 10.8. The van der Waals surface area contributed by atoms with Crippen molar-refractivity contribution >= 4 is 5.97 Å². The maximum atomic E-state index is 10.8. The molecule has 0 atom stereocenters. The molecule has 0 amide bonds. The number of carboxylic acids is 1. The van der Waals surface area contributed by atoms with Gasteiger partial charge in [-0.25, -0.2) is 4.79 Å². The Labute approximate surface area is 109 Å². The van der Waals surface area contributed by atoms with Gasteiger partial charge < -0.3 is 14.7 Å². The third-order valence-corrected chi connectivity index (χ3v) is 3.50. The Morgan fingerprint density at radius 1 is 1.26 bits per heavy atom. The standard InChI is InChI=1S/C14H13NO4/c16-13-9-4-2-1-3-8(9)5-6-10(13)11-7-12(14(17)18)19-15-11/h5-7,16H,1-4H2,(H,17,18). The zero-order valence-electron chi connectivity index (χ0n) is 10.2. The van der Waals surface area contributed by atoms with Crippen LogP contribution in [0.2, 0.25) is 0 Å². The first-order valence-corrected chi connectivity index (χ1v) is 6.21. The summed E-state index contributed by atoms with van der Waals surface area (Å²) in [7, 11) is 0. The molecule has 0 radical (unpaired) electrons. The van der Waals surface area contributed by atoms with E-state index in [4.69, 9.17) is 9.63 Å². The number of benzene rings is 1. The summed E-state index contributed by atoms with van der Waals surface area (Å²) in [5.41, 5.74) is 2.98. The Hall–Kier alpha value is -2.30. The fourth-order valence-corrected chi connectivity index (χ4v) is 2.52. The SMILES string of the molecule is O=C(O)c1cc(-c2ccc3c(c2O)CCCC3)no1. The van der Waals surface area contributed by atoms with Crippen LogP contribution in [0.5, 0.6) is 5.75 Å². The molecule has 5 nitrogen and oxygen atoms in total. The first-order chi connectivity index (χ1) is 9.16. The first-order valence-electron chi connectivity index (χ1n) is 6.21. The third-order valence-electron chi connectivity index (χ3n) is 3.50. The number of fused-ring (bicyclic) bond motifs is 1. The first kappa shape index (κ1) is 11.8. The van der Waals surface area contributed by atoms with E-state index in [0.29, 0.717) is 11.3 Å². The van der Waals surface area contributed by atoms with Crippen LogP contribution in [0.4, 0.5) is 0 Å². The molecule has 1 heterocycles. The molecule has 2 N–H and O–H groups in total. The number of hydrogen-bond acceptors (Lipinski definition) is 4.